The fourth-order valence-electron chi connectivity index (χ4n) is 7.26. The summed E-state index contributed by atoms with van der Waals surface area (Å²) < 4.78 is 68.6. The van der Waals surface area contributed by atoms with E-state index in [2.05, 4.69) is 19.1 Å². The van der Waals surface area contributed by atoms with Gasteiger partial charge in [0, 0.05) is 17.2 Å². The molecular weight excluding hydrogens is 636 g/mol. The van der Waals surface area contributed by atoms with Crippen LogP contribution in [0.5, 0.6) is 11.5 Å². The summed E-state index contributed by atoms with van der Waals surface area (Å²) in [4.78, 5) is 0. The lowest BCUT2D eigenvalue weighted by molar-refractivity contribution is 0.285. The molecule has 0 heterocycles. The number of hydrogen-bond acceptors (Lipinski definition) is 2. The molecule has 2 nitrogen and oxygen atoms in total. The molecule has 0 radical (unpaired) electrons. The molecule has 1 aliphatic rings. The summed E-state index contributed by atoms with van der Waals surface area (Å²) in [5, 5.41) is 0. The van der Waals surface area contributed by atoms with Crippen molar-refractivity contribution in [3.63, 3.8) is 0 Å². The molecule has 0 aliphatic heterocycles. The lowest BCUT2D eigenvalue weighted by atomic mass is 9.77. The lowest BCUT2D eigenvalue weighted by Crippen LogP contribution is -2.13. The van der Waals surface area contributed by atoms with Crippen molar-refractivity contribution in [1.82, 2.24) is 0 Å². The van der Waals surface area contributed by atoms with Gasteiger partial charge in [-0.3, -0.25) is 0 Å². The van der Waals surface area contributed by atoms with Crippen molar-refractivity contribution in [2.24, 2.45) is 5.92 Å². The Morgan fingerprint density at radius 2 is 1.12 bits per heavy atom. The number of benzene rings is 4. The minimum absolute atomic E-state index is 0.0203. The first-order chi connectivity index (χ1) is 24.4. The van der Waals surface area contributed by atoms with E-state index >= 15 is 4.39 Å². The topological polar surface area (TPSA) is 18.5 Å². The van der Waals surface area contributed by atoms with Crippen LogP contribution >= 0.6 is 0 Å². The van der Waals surface area contributed by atoms with E-state index in [0.717, 1.165) is 62.7 Å². The Morgan fingerprint density at radius 1 is 0.560 bits per heavy atom. The monoisotopic (exact) mass is 688 g/mol. The summed E-state index contributed by atoms with van der Waals surface area (Å²) >= 11 is 0. The van der Waals surface area contributed by atoms with Gasteiger partial charge < -0.3 is 9.47 Å². The average Bonchev–Trinajstić information content (AvgIpc) is 3.13. The van der Waals surface area contributed by atoms with Crippen molar-refractivity contribution in [3.05, 3.63) is 108 Å². The van der Waals surface area contributed by atoms with E-state index in [1.807, 2.05) is 24.3 Å². The van der Waals surface area contributed by atoms with Crippen LogP contribution in [-0.2, 0) is 0 Å². The molecule has 0 amide bonds. The second-order valence-corrected chi connectivity index (χ2v) is 13.9. The quantitative estimate of drug-likeness (QED) is 0.0721. The van der Waals surface area contributed by atoms with E-state index in [-0.39, 0.29) is 11.3 Å². The fourth-order valence-corrected chi connectivity index (χ4v) is 7.26. The van der Waals surface area contributed by atoms with Gasteiger partial charge >= 0.3 is 0 Å². The van der Waals surface area contributed by atoms with Crippen LogP contribution in [-0.4, -0.2) is 13.2 Å². The van der Waals surface area contributed by atoms with Gasteiger partial charge in [0.1, 0.15) is 17.4 Å². The van der Waals surface area contributed by atoms with Crippen LogP contribution in [0.3, 0.4) is 0 Å². The number of unbranched alkanes of at least 4 members (excludes halogenated alkanes) is 8. The maximum atomic E-state index is 15.0. The summed E-state index contributed by atoms with van der Waals surface area (Å²) in [6.45, 7) is 3.26. The Morgan fingerprint density at radius 3 is 1.74 bits per heavy atom. The van der Waals surface area contributed by atoms with Gasteiger partial charge in [0.05, 0.1) is 13.2 Å². The molecule has 0 N–H and O–H groups in total. The Labute approximate surface area is 296 Å². The first-order valence-electron chi connectivity index (χ1n) is 18.8. The summed E-state index contributed by atoms with van der Waals surface area (Å²) in [5.41, 5.74) is 3.31. The highest BCUT2D eigenvalue weighted by Gasteiger charge is 2.22. The molecule has 0 bridgehead atoms. The number of rotatable bonds is 19. The molecule has 1 aliphatic carbocycles. The van der Waals surface area contributed by atoms with Crippen molar-refractivity contribution in [1.29, 1.82) is 0 Å². The number of ether oxygens (including phenoxy) is 2. The first-order valence-corrected chi connectivity index (χ1v) is 18.8. The Hall–Kier alpha value is -3.80. The highest BCUT2D eigenvalue weighted by atomic mass is 19.2. The normalized spacial score (nSPS) is 16.0. The Balaban J connectivity index is 0.899. The van der Waals surface area contributed by atoms with Gasteiger partial charge in [-0.1, -0.05) is 101 Å². The molecule has 268 valence electrons. The van der Waals surface area contributed by atoms with Crippen molar-refractivity contribution < 1.29 is 27.0 Å². The summed E-state index contributed by atoms with van der Waals surface area (Å²) in [7, 11) is 0. The number of halogens is 4. The highest BCUT2D eigenvalue weighted by molar-refractivity contribution is 5.66. The lowest BCUT2D eigenvalue weighted by Gasteiger charge is -2.28. The van der Waals surface area contributed by atoms with Gasteiger partial charge in [0.15, 0.2) is 11.6 Å². The molecule has 0 atom stereocenters. The highest BCUT2D eigenvalue weighted by Crippen LogP contribution is 2.38. The predicted molar refractivity (Wildman–Crippen MR) is 196 cm³/mol. The van der Waals surface area contributed by atoms with E-state index in [4.69, 9.17) is 9.47 Å². The van der Waals surface area contributed by atoms with Crippen LogP contribution in [0, 0.1) is 29.2 Å². The minimum atomic E-state index is -0.914. The smallest absolute Gasteiger partial charge is 0.201 e. The van der Waals surface area contributed by atoms with Crippen LogP contribution in [0.4, 0.5) is 17.6 Å². The molecule has 5 rings (SSSR count). The zero-order valence-electron chi connectivity index (χ0n) is 29.5. The zero-order chi connectivity index (χ0) is 35.1. The molecule has 0 saturated heterocycles. The molecule has 4 aromatic carbocycles. The van der Waals surface area contributed by atoms with E-state index in [1.165, 1.54) is 69.1 Å². The second-order valence-electron chi connectivity index (χ2n) is 13.9. The second kappa shape index (κ2) is 19.6. The van der Waals surface area contributed by atoms with Gasteiger partial charge in [0.25, 0.3) is 0 Å². The molecule has 4 aromatic rings. The molecule has 0 aromatic heterocycles. The van der Waals surface area contributed by atoms with Gasteiger partial charge in [-0.25, -0.2) is 13.2 Å². The number of hydrogen-bond donors (Lipinski definition) is 0. The molecule has 1 saturated carbocycles. The van der Waals surface area contributed by atoms with Crippen molar-refractivity contribution in [2.75, 3.05) is 13.2 Å². The van der Waals surface area contributed by atoms with Crippen LogP contribution in [0.25, 0.3) is 22.3 Å². The zero-order valence-corrected chi connectivity index (χ0v) is 29.5. The predicted octanol–water partition coefficient (Wildman–Crippen LogP) is 13.6. The van der Waals surface area contributed by atoms with Crippen molar-refractivity contribution in [2.45, 2.75) is 109 Å². The fraction of sp³-hybridized carbons (Fsp3) is 0.455. The van der Waals surface area contributed by atoms with Gasteiger partial charge in [0.2, 0.25) is 5.82 Å². The summed E-state index contributed by atoms with van der Waals surface area (Å²) in [5.74, 6) is -0.788. The molecular formula is C44H52F4O2. The molecule has 6 heteroatoms. The third-order valence-electron chi connectivity index (χ3n) is 10.2. The van der Waals surface area contributed by atoms with E-state index in [0.29, 0.717) is 35.8 Å². The largest absolute Gasteiger partial charge is 0.494 e. The average molecular weight is 689 g/mol. The SMILES string of the molecule is CCCC1CCC(c2ccc(-c3ccc(OCCCCCCCCCCCOc4ccc(-c5ccc(F)cc5F)cc4)c(F)c3F)cc2)CC1. The van der Waals surface area contributed by atoms with Crippen molar-refractivity contribution >= 4 is 0 Å². The minimum Gasteiger partial charge on any atom is -0.494 e. The third kappa shape index (κ3) is 10.8. The third-order valence-corrected chi connectivity index (χ3v) is 10.2. The maximum Gasteiger partial charge on any atom is 0.201 e. The van der Waals surface area contributed by atoms with E-state index in [9.17, 15) is 13.2 Å². The van der Waals surface area contributed by atoms with E-state index in [1.54, 1.807) is 24.3 Å². The van der Waals surface area contributed by atoms with Crippen LogP contribution in [0.1, 0.15) is 115 Å². The first kappa shape index (κ1) is 37.5. The van der Waals surface area contributed by atoms with Crippen LogP contribution < -0.4 is 9.47 Å². The van der Waals surface area contributed by atoms with Gasteiger partial charge in [-0.05, 0) is 103 Å². The van der Waals surface area contributed by atoms with Crippen molar-refractivity contribution in [3.8, 4) is 33.8 Å². The summed E-state index contributed by atoms with van der Waals surface area (Å²) in [6.07, 6.45) is 17.2. The Bertz CT molecular complexity index is 1590. The Kier molecular flexibility index (Phi) is 14.6. The summed E-state index contributed by atoms with van der Waals surface area (Å²) in [6, 6.07) is 22.0. The van der Waals surface area contributed by atoms with E-state index < -0.39 is 23.3 Å². The molecule has 0 spiro atoms. The van der Waals surface area contributed by atoms with Crippen LogP contribution in [0.15, 0.2) is 78.9 Å². The standard InChI is InChI=1S/C44H52F4O2/c1-2-12-32-13-15-33(16-14-32)34-17-19-36(20-18-34)40-27-28-42(44(48)43(40)47)50-30-11-9-7-5-3-4-6-8-10-29-49-38-24-21-35(22-25-38)39-26-23-37(45)31-41(39)46/h17-28,31-33H,2-16,29-30H2,1H3. The molecule has 50 heavy (non-hydrogen) atoms. The maximum absolute atomic E-state index is 15.0. The van der Waals surface area contributed by atoms with Gasteiger partial charge in [-0.15, -0.1) is 0 Å². The van der Waals surface area contributed by atoms with Gasteiger partial charge in [-0.2, -0.15) is 4.39 Å². The molecule has 1 fully saturated rings. The van der Waals surface area contributed by atoms with Crippen LogP contribution in [0.2, 0.25) is 0 Å². The molecule has 0 unspecified atom stereocenters.